The summed E-state index contributed by atoms with van der Waals surface area (Å²) in [6.45, 7) is 8.97. The van der Waals surface area contributed by atoms with Crippen molar-refractivity contribution in [2.24, 2.45) is 11.8 Å². The van der Waals surface area contributed by atoms with E-state index in [2.05, 4.69) is 11.9 Å². The van der Waals surface area contributed by atoms with E-state index in [0.29, 0.717) is 31.3 Å². The number of hydrogen-bond donors (Lipinski definition) is 2. The monoisotopic (exact) mass is 282 g/mol. The maximum atomic E-state index is 12.5. The van der Waals surface area contributed by atoms with E-state index in [9.17, 15) is 9.59 Å². The first-order valence-electron chi connectivity index (χ1n) is 7.30. The Kier molecular flexibility index (Phi) is 6.71. The molecule has 114 valence electrons. The van der Waals surface area contributed by atoms with Crippen molar-refractivity contribution >= 4 is 11.8 Å². The van der Waals surface area contributed by atoms with Crippen LogP contribution in [0.15, 0.2) is 12.7 Å². The summed E-state index contributed by atoms with van der Waals surface area (Å²) in [6.07, 6.45) is 3.47. The molecule has 1 atom stereocenters. The number of amides is 2. The molecule has 1 rings (SSSR count). The minimum atomic E-state index is -0.480. The lowest BCUT2D eigenvalue weighted by Crippen LogP contribution is -2.51. The topological polar surface area (TPSA) is 69.6 Å². The van der Waals surface area contributed by atoms with Gasteiger partial charge in [0.05, 0.1) is 0 Å². The number of likely N-dealkylation sites (tertiary alicyclic amines) is 1. The number of carbonyl (C=O) groups is 2. The van der Waals surface area contributed by atoms with Gasteiger partial charge in [0.25, 0.3) is 0 Å². The number of nitrogens with zero attached hydrogens (tertiary/aromatic N) is 1. The molecule has 1 aliphatic rings. The van der Waals surface area contributed by atoms with Crippen molar-refractivity contribution in [1.82, 2.24) is 10.2 Å². The molecule has 2 amide bonds. The maximum Gasteiger partial charge on any atom is 0.245 e. The highest BCUT2D eigenvalue weighted by Crippen LogP contribution is 2.18. The smallest absolute Gasteiger partial charge is 0.245 e. The van der Waals surface area contributed by atoms with Gasteiger partial charge in [0, 0.05) is 19.7 Å². The van der Waals surface area contributed by atoms with Crippen LogP contribution >= 0.6 is 0 Å². The predicted molar refractivity (Wildman–Crippen MR) is 78.0 cm³/mol. The standard InChI is InChI=1S/C15H26N2O3/c1-4-14(19)16-13(9-11(2)3)15(20)17-7-5-12(10-18)6-8-17/h4,11-13,18H,1,5-10H2,2-3H3,(H,16,19). The quantitative estimate of drug-likeness (QED) is 0.712. The Hall–Kier alpha value is -1.36. The van der Waals surface area contributed by atoms with Crippen LogP contribution in [0.4, 0.5) is 0 Å². The third kappa shape index (κ3) is 4.96. The molecule has 0 aromatic carbocycles. The lowest BCUT2D eigenvalue weighted by atomic mass is 9.96. The molecule has 0 radical (unpaired) electrons. The van der Waals surface area contributed by atoms with Gasteiger partial charge in [0.15, 0.2) is 0 Å². The summed E-state index contributed by atoms with van der Waals surface area (Å²) in [4.78, 5) is 25.7. The lowest BCUT2D eigenvalue weighted by molar-refractivity contribution is -0.137. The van der Waals surface area contributed by atoms with Gasteiger partial charge in [0.2, 0.25) is 11.8 Å². The normalized spacial score (nSPS) is 17.9. The van der Waals surface area contributed by atoms with Gasteiger partial charge in [0.1, 0.15) is 6.04 Å². The average Bonchev–Trinajstić information content (AvgIpc) is 2.45. The van der Waals surface area contributed by atoms with Crippen LogP contribution in [0.1, 0.15) is 33.1 Å². The van der Waals surface area contributed by atoms with Gasteiger partial charge in [-0.2, -0.15) is 0 Å². The SMILES string of the molecule is C=CC(=O)NC(CC(C)C)C(=O)N1CCC(CO)CC1. The van der Waals surface area contributed by atoms with E-state index < -0.39 is 6.04 Å². The van der Waals surface area contributed by atoms with E-state index in [1.165, 1.54) is 6.08 Å². The minimum absolute atomic E-state index is 0.0229. The summed E-state index contributed by atoms with van der Waals surface area (Å²) in [5.74, 6) is 0.286. The van der Waals surface area contributed by atoms with Crippen molar-refractivity contribution in [3.8, 4) is 0 Å². The van der Waals surface area contributed by atoms with Gasteiger partial charge in [-0.15, -0.1) is 0 Å². The molecule has 0 aliphatic carbocycles. The van der Waals surface area contributed by atoms with E-state index in [0.717, 1.165) is 12.8 Å². The molecule has 0 aromatic rings. The molecule has 0 aromatic heterocycles. The fourth-order valence-corrected chi connectivity index (χ4v) is 2.48. The van der Waals surface area contributed by atoms with Gasteiger partial charge in [-0.05, 0) is 37.2 Å². The Morgan fingerprint density at radius 1 is 1.40 bits per heavy atom. The molecule has 1 saturated heterocycles. The molecule has 5 heteroatoms. The van der Waals surface area contributed by atoms with Crippen LogP contribution in [0.2, 0.25) is 0 Å². The number of hydrogen-bond acceptors (Lipinski definition) is 3. The van der Waals surface area contributed by atoms with E-state index in [-0.39, 0.29) is 18.4 Å². The Morgan fingerprint density at radius 2 is 2.00 bits per heavy atom. The second-order valence-electron chi connectivity index (χ2n) is 5.85. The number of aliphatic hydroxyl groups excluding tert-OH is 1. The minimum Gasteiger partial charge on any atom is -0.396 e. The Morgan fingerprint density at radius 3 is 2.45 bits per heavy atom. The zero-order valence-corrected chi connectivity index (χ0v) is 12.5. The first kappa shape index (κ1) is 16.7. The molecular formula is C15H26N2O3. The molecule has 1 unspecified atom stereocenters. The van der Waals surface area contributed by atoms with Crippen LogP contribution in [0, 0.1) is 11.8 Å². The fraction of sp³-hybridized carbons (Fsp3) is 0.733. The fourth-order valence-electron chi connectivity index (χ4n) is 2.48. The van der Waals surface area contributed by atoms with Gasteiger partial charge < -0.3 is 15.3 Å². The second kappa shape index (κ2) is 8.04. The van der Waals surface area contributed by atoms with Crippen LogP contribution in [-0.4, -0.2) is 47.6 Å². The summed E-state index contributed by atoms with van der Waals surface area (Å²) in [5, 5.41) is 11.8. The predicted octanol–water partition coefficient (Wildman–Crippen LogP) is 0.934. The Labute approximate surface area is 121 Å². The summed E-state index contributed by atoms with van der Waals surface area (Å²) < 4.78 is 0. The number of nitrogens with one attached hydrogen (secondary N) is 1. The van der Waals surface area contributed by atoms with E-state index in [1.54, 1.807) is 4.90 Å². The number of rotatable bonds is 6. The molecule has 0 spiro atoms. The van der Waals surface area contributed by atoms with Crippen LogP contribution in [0.25, 0.3) is 0 Å². The highest BCUT2D eigenvalue weighted by atomic mass is 16.3. The third-order valence-corrected chi connectivity index (χ3v) is 3.69. The summed E-state index contributed by atoms with van der Waals surface area (Å²) in [7, 11) is 0. The molecule has 2 N–H and O–H groups in total. The molecule has 1 aliphatic heterocycles. The highest BCUT2D eigenvalue weighted by molar-refractivity contribution is 5.92. The van der Waals surface area contributed by atoms with Crippen molar-refractivity contribution in [3.63, 3.8) is 0 Å². The van der Waals surface area contributed by atoms with Crippen molar-refractivity contribution in [2.45, 2.75) is 39.2 Å². The summed E-state index contributed by atoms with van der Waals surface area (Å²) >= 11 is 0. The van der Waals surface area contributed by atoms with Gasteiger partial charge in [-0.1, -0.05) is 20.4 Å². The van der Waals surface area contributed by atoms with Gasteiger partial charge in [-0.3, -0.25) is 9.59 Å². The zero-order chi connectivity index (χ0) is 15.1. The number of carbonyl (C=O) groups excluding carboxylic acids is 2. The van der Waals surface area contributed by atoms with Crippen molar-refractivity contribution in [2.75, 3.05) is 19.7 Å². The molecule has 0 bridgehead atoms. The largest absolute Gasteiger partial charge is 0.396 e. The van der Waals surface area contributed by atoms with E-state index in [1.807, 2.05) is 13.8 Å². The number of aliphatic hydroxyl groups is 1. The van der Waals surface area contributed by atoms with Crippen molar-refractivity contribution in [3.05, 3.63) is 12.7 Å². The lowest BCUT2D eigenvalue weighted by Gasteiger charge is -2.34. The molecule has 0 saturated carbocycles. The second-order valence-corrected chi connectivity index (χ2v) is 5.85. The molecule has 1 heterocycles. The molecule has 20 heavy (non-hydrogen) atoms. The van der Waals surface area contributed by atoms with E-state index >= 15 is 0 Å². The maximum absolute atomic E-state index is 12.5. The number of piperidine rings is 1. The van der Waals surface area contributed by atoms with Crippen molar-refractivity contribution in [1.29, 1.82) is 0 Å². The first-order valence-corrected chi connectivity index (χ1v) is 7.30. The summed E-state index contributed by atoms with van der Waals surface area (Å²) in [6, 6.07) is -0.480. The van der Waals surface area contributed by atoms with Crippen LogP contribution in [0.3, 0.4) is 0 Å². The van der Waals surface area contributed by atoms with Crippen LogP contribution < -0.4 is 5.32 Å². The third-order valence-electron chi connectivity index (χ3n) is 3.69. The zero-order valence-electron chi connectivity index (χ0n) is 12.5. The first-order chi connectivity index (χ1) is 9.47. The highest BCUT2D eigenvalue weighted by Gasteiger charge is 2.29. The van der Waals surface area contributed by atoms with Crippen molar-refractivity contribution < 1.29 is 14.7 Å². The van der Waals surface area contributed by atoms with Gasteiger partial charge >= 0.3 is 0 Å². The molecular weight excluding hydrogens is 256 g/mol. The van der Waals surface area contributed by atoms with Gasteiger partial charge in [-0.25, -0.2) is 0 Å². The summed E-state index contributed by atoms with van der Waals surface area (Å²) in [5.41, 5.74) is 0. The van der Waals surface area contributed by atoms with E-state index in [4.69, 9.17) is 5.11 Å². The Bertz CT molecular complexity index is 347. The van der Waals surface area contributed by atoms with Crippen LogP contribution in [0.5, 0.6) is 0 Å². The van der Waals surface area contributed by atoms with Crippen LogP contribution in [-0.2, 0) is 9.59 Å². The average molecular weight is 282 g/mol. The Balaban J connectivity index is 2.62. The molecule has 5 nitrogen and oxygen atoms in total. The molecule has 1 fully saturated rings.